The molecule has 3 aromatic rings. The predicted octanol–water partition coefficient (Wildman–Crippen LogP) is 4.77. The summed E-state index contributed by atoms with van der Waals surface area (Å²) in [6.07, 6.45) is 1.46. The second kappa shape index (κ2) is 7.15. The van der Waals surface area contributed by atoms with Gasteiger partial charge in [0, 0.05) is 6.07 Å². The van der Waals surface area contributed by atoms with E-state index < -0.39 is 6.10 Å². The van der Waals surface area contributed by atoms with Crippen LogP contribution in [0.15, 0.2) is 45.6 Å². The highest BCUT2D eigenvalue weighted by Crippen LogP contribution is 2.43. The zero-order valence-corrected chi connectivity index (χ0v) is 16.2. The van der Waals surface area contributed by atoms with Crippen molar-refractivity contribution >= 4 is 16.8 Å². The molecule has 0 radical (unpaired) electrons. The van der Waals surface area contributed by atoms with Crippen molar-refractivity contribution in [3.8, 4) is 11.5 Å². The number of benzene rings is 2. The van der Waals surface area contributed by atoms with Gasteiger partial charge in [-0.15, -0.1) is 0 Å². The lowest BCUT2D eigenvalue weighted by Crippen LogP contribution is -2.22. The summed E-state index contributed by atoms with van der Waals surface area (Å²) in [5.41, 5.74) is 3.19. The summed E-state index contributed by atoms with van der Waals surface area (Å²) < 4.78 is 17.0. The number of hydrogen-bond acceptors (Lipinski definition) is 5. The van der Waals surface area contributed by atoms with E-state index in [9.17, 15) is 9.59 Å². The van der Waals surface area contributed by atoms with E-state index in [2.05, 4.69) is 0 Å². The number of rotatable bonds is 4. The van der Waals surface area contributed by atoms with Gasteiger partial charge >= 0.3 is 5.63 Å². The average Bonchev–Trinajstić information content (AvgIpc) is 2.67. The number of carbonyl (C=O) groups excluding carboxylic acids is 1. The van der Waals surface area contributed by atoms with Crippen LogP contribution in [0.25, 0.3) is 11.0 Å². The van der Waals surface area contributed by atoms with Gasteiger partial charge in [-0.25, -0.2) is 4.79 Å². The van der Waals surface area contributed by atoms with Crippen molar-refractivity contribution in [2.75, 3.05) is 7.11 Å². The molecule has 28 heavy (non-hydrogen) atoms. The zero-order valence-electron chi connectivity index (χ0n) is 16.2. The standard InChI is InChI=1S/C23H22O5/c1-4-5-15-11-20(25)27-19-10-13(2)21-17(24)12-18(28-23(21)22(15)19)14-6-8-16(26-3)9-7-14/h6-11,18H,4-5,12H2,1-3H3/t18-/m1/s1. The predicted molar refractivity (Wildman–Crippen MR) is 107 cm³/mol. The Kier molecular flexibility index (Phi) is 4.67. The number of ether oxygens (including phenoxy) is 2. The molecule has 1 aliphatic rings. The monoisotopic (exact) mass is 378 g/mol. The van der Waals surface area contributed by atoms with Crippen LogP contribution in [0.5, 0.6) is 11.5 Å². The first-order valence-electron chi connectivity index (χ1n) is 9.46. The molecule has 0 bridgehead atoms. The van der Waals surface area contributed by atoms with Crippen molar-refractivity contribution < 1.29 is 18.7 Å². The maximum Gasteiger partial charge on any atom is 0.336 e. The number of methoxy groups -OCH3 is 1. The van der Waals surface area contributed by atoms with Crippen LogP contribution in [-0.2, 0) is 6.42 Å². The largest absolute Gasteiger partial charge is 0.497 e. The molecule has 2 heterocycles. The Balaban J connectivity index is 1.89. The summed E-state index contributed by atoms with van der Waals surface area (Å²) in [5, 5.41) is 0.730. The van der Waals surface area contributed by atoms with Gasteiger partial charge in [0.1, 0.15) is 23.2 Å². The Labute approximate surface area is 162 Å². The van der Waals surface area contributed by atoms with Gasteiger partial charge in [0.15, 0.2) is 5.78 Å². The van der Waals surface area contributed by atoms with Crippen LogP contribution >= 0.6 is 0 Å². The van der Waals surface area contributed by atoms with Gasteiger partial charge < -0.3 is 13.9 Å². The van der Waals surface area contributed by atoms with Crippen LogP contribution in [-0.4, -0.2) is 12.9 Å². The van der Waals surface area contributed by atoms with Crippen molar-refractivity contribution in [2.24, 2.45) is 0 Å². The molecule has 0 unspecified atom stereocenters. The molecule has 1 aromatic heterocycles. The van der Waals surface area contributed by atoms with Crippen LogP contribution in [0, 0.1) is 6.92 Å². The Bertz CT molecular complexity index is 1110. The van der Waals surface area contributed by atoms with Crippen molar-refractivity contribution in [3.05, 3.63) is 69.1 Å². The molecule has 0 N–H and O–H groups in total. The lowest BCUT2D eigenvalue weighted by molar-refractivity contribution is 0.0852. The molecule has 5 heteroatoms. The quantitative estimate of drug-likeness (QED) is 0.612. The molecule has 1 atom stereocenters. The first-order valence-corrected chi connectivity index (χ1v) is 9.46. The fourth-order valence-corrected chi connectivity index (χ4v) is 3.88. The first kappa shape index (κ1) is 18.3. The van der Waals surface area contributed by atoms with Crippen molar-refractivity contribution in [3.63, 3.8) is 0 Å². The maximum absolute atomic E-state index is 13.0. The second-order valence-corrected chi connectivity index (χ2v) is 7.12. The summed E-state index contributed by atoms with van der Waals surface area (Å²) in [4.78, 5) is 25.0. The lowest BCUT2D eigenvalue weighted by Gasteiger charge is -2.28. The van der Waals surface area contributed by atoms with Crippen molar-refractivity contribution in [1.82, 2.24) is 0 Å². The Morgan fingerprint density at radius 1 is 1.14 bits per heavy atom. The van der Waals surface area contributed by atoms with E-state index in [4.69, 9.17) is 13.9 Å². The molecule has 0 aliphatic carbocycles. The SMILES string of the molecule is CCCc1cc(=O)oc2cc(C)c3c(c12)O[C@@H](c1ccc(OC)cc1)CC3=O. The molecule has 5 nitrogen and oxygen atoms in total. The van der Waals surface area contributed by atoms with Crippen LogP contribution < -0.4 is 15.1 Å². The minimum Gasteiger partial charge on any atom is -0.497 e. The molecular weight excluding hydrogens is 356 g/mol. The minimum absolute atomic E-state index is 0.0371. The maximum atomic E-state index is 13.0. The number of carbonyl (C=O) groups is 1. The molecule has 1 aliphatic heterocycles. The van der Waals surface area contributed by atoms with Gasteiger partial charge in [-0.1, -0.05) is 25.5 Å². The van der Waals surface area contributed by atoms with Crippen molar-refractivity contribution in [2.45, 2.75) is 39.2 Å². The molecule has 0 spiro atoms. The lowest BCUT2D eigenvalue weighted by atomic mass is 9.90. The molecule has 0 saturated carbocycles. The van der Waals surface area contributed by atoms with Gasteiger partial charge in [-0.3, -0.25) is 4.79 Å². The number of fused-ring (bicyclic) bond motifs is 3. The van der Waals surface area contributed by atoms with Crippen LogP contribution in [0.1, 0.15) is 52.9 Å². The van der Waals surface area contributed by atoms with Gasteiger partial charge in [-0.05, 0) is 48.2 Å². The van der Waals surface area contributed by atoms with Crippen LogP contribution in [0.4, 0.5) is 0 Å². The molecule has 0 fully saturated rings. The van der Waals surface area contributed by atoms with Crippen molar-refractivity contribution in [1.29, 1.82) is 0 Å². The number of Topliss-reactive ketones (excluding diaryl/α,β-unsaturated/α-hetero) is 1. The van der Waals surface area contributed by atoms with E-state index in [1.54, 1.807) is 13.2 Å². The fourth-order valence-electron chi connectivity index (χ4n) is 3.88. The molecule has 0 amide bonds. The number of hydrogen-bond donors (Lipinski definition) is 0. The Hall–Kier alpha value is -3.08. The average molecular weight is 378 g/mol. The number of aryl methyl sites for hydroxylation is 2. The second-order valence-electron chi connectivity index (χ2n) is 7.12. The molecule has 4 rings (SSSR count). The highest BCUT2D eigenvalue weighted by Gasteiger charge is 2.32. The van der Waals surface area contributed by atoms with Gasteiger partial charge in [-0.2, -0.15) is 0 Å². The number of ketones is 1. The van der Waals surface area contributed by atoms with E-state index in [1.807, 2.05) is 38.1 Å². The van der Waals surface area contributed by atoms with Gasteiger partial charge in [0.05, 0.1) is 24.5 Å². The van der Waals surface area contributed by atoms with Crippen LogP contribution in [0.2, 0.25) is 0 Å². The summed E-state index contributed by atoms with van der Waals surface area (Å²) >= 11 is 0. The van der Waals surface area contributed by atoms with E-state index in [-0.39, 0.29) is 17.8 Å². The fraction of sp³-hybridized carbons (Fsp3) is 0.304. The topological polar surface area (TPSA) is 65.7 Å². The molecular formula is C23H22O5. The summed E-state index contributed by atoms with van der Waals surface area (Å²) in [6.45, 7) is 3.90. The Morgan fingerprint density at radius 2 is 1.89 bits per heavy atom. The third-order valence-electron chi connectivity index (χ3n) is 5.18. The van der Waals surface area contributed by atoms with E-state index in [0.717, 1.165) is 34.2 Å². The molecule has 2 aromatic carbocycles. The third kappa shape index (κ3) is 3.07. The smallest absolute Gasteiger partial charge is 0.336 e. The minimum atomic E-state index is -0.391. The van der Waals surface area contributed by atoms with Gasteiger partial charge in [0.25, 0.3) is 0 Å². The highest BCUT2D eigenvalue weighted by molar-refractivity contribution is 6.07. The van der Waals surface area contributed by atoms with Crippen LogP contribution in [0.3, 0.4) is 0 Å². The van der Waals surface area contributed by atoms with E-state index in [1.165, 1.54) is 6.07 Å². The normalized spacial score (nSPS) is 16.0. The van der Waals surface area contributed by atoms with E-state index >= 15 is 0 Å². The zero-order chi connectivity index (χ0) is 19.8. The summed E-state index contributed by atoms with van der Waals surface area (Å²) in [5.74, 6) is 1.31. The summed E-state index contributed by atoms with van der Waals surface area (Å²) in [7, 11) is 1.61. The Morgan fingerprint density at radius 3 is 2.57 bits per heavy atom. The van der Waals surface area contributed by atoms with Gasteiger partial charge in [0.2, 0.25) is 0 Å². The first-order chi connectivity index (χ1) is 13.5. The highest BCUT2D eigenvalue weighted by atomic mass is 16.5. The molecule has 144 valence electrons. The molecule has 0 saturated heterocycles. The van der Waals surface area contributed by atoms with E-state index in [0.29, 0.717) is 23.3 Å². The summed E-state index contributed by atoms with van der Waals surface area (Å²) in [6, 6.07) is 10.8. The third-order valence-corrected chi connectivity index (χ3v) is 5.18.